The number of nitrogens with zero attached hydrogens (tertiary/aromatic N) is 1. The largest absolute Gasteiger partial charge is 0.487 e. The summed E-state index contributed by atoms with van der Waals surface area (Å²) in [5.41, 5.74) is 1.58. The van der Waals surface area contributed by atoms with Crippen LogP contribution in [0.15, 0.2) is 36.7 Å². The number of hydrogen-bond donors (Lipinski definition) is 2. The second kappa shape index (κ2) is 7.74. The van der Waals surface area contributed by atoms with Crippen LogP contribution >= 0.6 is 0 Å². The van der Waals surface area contributed by atoms with Gasteiger partial charge in [-0.25, -0.2) is 4.79 Å². The van der Waals surface area contributed by atoms with Crippen molar-refractivity contribution in [1.82, 2.24) is 10.3 Å². The molecule has 2 heterocycles. The fourth-order valence-electron chi connectivity index (χ4n) is 2.42. The molecule has 2 aromatic rings. The normalized spacial score (nSPS) is 13.7. The smallest absolute Gasteiger partial charge is 0.319 e. The number of fused-ring (bicyclic) bond motifs is 1. The number of nitrogens with one attached hydrogen (secondary N) is 2. The molecule has 7 nitrogen and oxygen atoms in total. The average Bonchev–Trinajstić information content (AvgIpc) is 2.61. The zero-order chi connectivity index (χ0) is 17.6. The number of pyridine rings is 1. The highest BCUT2D eigenvalue weighted by molar-refractivity contribution is 5.90. The summed E-state index contributed by atoms with van der Waals surface area (Å²) in [6.45, 7) is 5.19. The lowest BCUT2D eigenvalue weighted by Gasteiger charge is -2.21. The van der Waals surface area contributed by atoms with Crippen molar-refractivity contribution < 1.29 is 19.0 Å². The van der Waals surface area contributed by atoms with E-state index in [1.165, 1.54) is 0 Å². The Balaban J connectivity index is 1.52. The van der Waals surface area contributed by atoms with E-state index in [2.05, 4.69) is 15.6 Å². The fourth-order valence-corrected chi connectivity index (χ4v) is 2.42. The summed E-state index contributed by atoms with van der Waals surface area (Å²) < 4.78 is 16.7. The topological polar surface area (TPSA) is 81.7 Å². The van der Waals surface area contributed by atoms with E-state index in [1.807, 2.05) is 26.0 Å². The minimum Gasteiger partial charge on any atom is -0.487 e. The molecule has 0 unspecified atom stereocenters. The van der Waals surface area contributed by atoms with Gasteiger partial charge in [0.2, 0.25) is 0 Å². The third-order valence-corrected chi connectivity index (χ3v) is 3.66. The van der Waals surface area contributed by atoms with Gasteiger partial charge in [-0.2, -0.15) is 0 Å². The van der Waals surface area contributed by atoms with Crippen LogP contribution in [-0.2, 0) is 0 Å². The summed E-state index contributed by atoms with van der Waals surface area (Å²) in [5, 5.41) is 5.62. The summed E-state index contributed by atoms with van der Waals surface area (Å²) in [6, 6.07) is 6.95. The molecule has 2 amide bonds. The SMILES string of the molecule is Cc1cc2c(cc1NC(=O)NC[C@@H](C)Oc1cccnc1)OCCO2. The molecule has 1 atom stereocenters. The van der Waals surface area contributed by atoms with Crippen LogP contribution in [0.3, 0.4) is 0 Å². The number of rotatable bonds is 5. The molecule has 3 rings (SSSR count). The maximum atomic E-state index is 12.1. The monoisotopic (exact) mass is 343 g/mol. The first-order valence-electron chi connectivity index (χ1n) is 8.13. The van der Waals surface area contributed by atoms with Gasteiger partial charge in [-0.3, -0.25) is 4.98 Å². The lowest BCUT2D eigenvalue weighted by Crippen LogP contribution is -2.36. The summed E-state index contributed by atoms with van der Waals surface area (Å²) in [4.78, 5) is 16.1. The Hall–Kier alpha value is -2.96. The Morgan fingerprint density at radius 2 is 2.08 bits per heavy atom. The molecule has 0 bridgehead atoms. The highest BCUT2D eigenvalue weighted by Gasteiger charge is 2.15. The number of amides is 2. The first kappa shape index (κ1) is 16.9. The van der Waals surface area contributed by atoms with E-state index in [4.69, 9.17) is 14.2 Å². The van der Waals surface area contributed by atoms with Crippen molar-refractivity contribution in [2.75, 3.05) is 25.1 Å². The van der Waals surface area contributed by atoms with Crippen molar-refractivity contribution in [2.24, 2.45) is 0 Å². The van der Waals surface area contributed by atoms with E-state index in [0.29, 0.717) is 42.7 Å². The minimum absolute atomic E-state index is 0.184. The van der Waals surface area contributed by atoms with Gasteiger partial charge >= 0.3 is 6.03 Å². The van der Waals surface area contributed by atoms with Crippen molar-refractivity contribution >= 4 is 11.7 Å². The summed E-state index contributed by atoms with van der Waals surface area (Å²) in [5.74, 6) is 2.01. The molecule has 0 saturated carbocycles. The predicted octanol–water partition coefficient (Wildman–Crippen LogP) is 2.75. The first-order valence-corrected chi connectivity index (χ1v) is 8.13. The Labute approximate surface area is 146 Å². The number of urea groups is 1. The zero-order valence-corrected chi connectivity index (χ0v) is 14.2. The third-order valence-electron chi connectivity index (χ3n) is 3.66. The first-order chi connectivity index (χ1) is 12.1. The number of ether oxygens (including phenoxy) is 3. The number of hydrogen-bond acceptors (Lipinski definition) is 5. The third kappa shape index (κ3) is 4.53. The molecule has 0 aliphatic carbocycles. The van der Waals surface area contributed by atoms with Crippen LogP contribution in [0.25, 0.3) is 0 Å². The van der Waals surface area contributed by atoms with E-state index >= 15 is 0 Å². The van der Waals surface area contributed by atoms with Crippen molar-refractivity contribution in [1.29, 1.82) is 0 Å². The van der Waals surface area contributed by atoms with Gasteiger partial charge in [-0.05, 0) is 37.6 Å². The van der Waals surface area contributed by atoms with Gasteiger partial charge in [0.05, 0.1) is 12.7 Å². The lowest BCUT2D eigenvalue weighted by atomic mass is 10.1. The van der Waals surface area contributed by atoms with E-state index in [1.54, 1.807) is 24.5 Å². The zero-order valence-electron chi connectivity index (χ0n) is 14.2. The molecule has 1 aliphatic heterocycles. The van der Waals surface area contributed by atoms with Gasteiger partial charge < -0.3 is 24.8 Å². The van der Waals surface area contributed by atoms with Crippen molar-refractivity contribution in [3.63, 3.8) is 0 Å². The highest BCUT2D eigenvalue weighted by atomic mass is 16.6. The van der Waals surface area contributed by atoms with Crippen molar-refractivity contribution in [3.8, 4) is 17.2 Å². The summed E-state index contributed by atoms with van der Waals surface area (Å²) in [6.07, 6.45) is 3.13. The van der Waals surface area contributed by atoms with Crippen molar-refractivity contribution in [3.05, 3.63) is 42.2 Å². The van der Waals surface area contributed by atoms with Gasteiger partial charge in [0.25, 0.3) is 0 Å². The number of carbonyl (C=O) groups is 1. The maximum absolute atomic E-state index is 12.1. The molecular weight excluding hydrogens is 322 g/mol. The van der Waals surface area contributed by atoms with Crippen LogP contribution in [-0.4, -0.2) is 36.9 Å². The van der Waals surface area contributed by atoms with Gasteiger partial charge in [-0.1, -0.05) is 0 Å². The van der Waals surface area contributed by atoms with Crippen LogP contribution in [0.2, 0.25) is 0 Å². The molecule has 0 fully saturated rings. The van der Waals surface area contributed by atoms with E-state index in [0.717, 1.165) is 5.56 Å². The van der Waals surface area contributed by atoms with E-state index < -0.39 is 0 Å². The second-order valence-electron chi connectivity index (χ2n) is 5.76. The molecule has 2 N–H and O–H groups in total. The molecule has 25 heavy (non-hydrogen) atoms. The molecule has 132 valence electrons. The molecule has 1 aliphatic rings. The molecular formula is C18H21N3O4. The number of anilines is 1. The molecule has 0 saturated heterocycles. The number of aryl methyl sites for hydroxylation is 1. The number of benzene rings is 1. The fraction of sp³-hybridized carbons (Fsp3) is 0.333. The Morgan fingerprint density at radius 1 is 1.32 bits per heavy atom. The number of aromatic nitrogens is 1. The highest BCUT2D eigenvalue weighted by Crippen LogP contribution is 2.35. The Morgan fingerprint density at radius 3 is 2.80 bits per heavy atom. The quantitative estimate of drug-likeness (QED) is 0.872. The standard InChI is InChI=1S/C18H21N3O4/c1-12-8-16-17(24-7-6-23-16)9-15(12)21-18(22)20-10-13(2)25-14-4-3-5-19-11-14/h3-5,8-9,11,13H,6-7,10H2,1-2H3,(H2,20,21,22)/t13-/m1/s1. The molecule has 1 aromatic heterocycles. The summed E-state index contributed by atoms with van der Waals surface area (Å²) in [7, 11) is 0. The van der Waals surface area contributed by atoms with Gasteiger partial charge in [0, 0.05) is 18.0 Å². The van der Waals surface area contributed by atoms with E-state index in [-0.39, 0.29) is 12.1 Å². The van der Waals surface area contributed by atoms with Crippen LogP contribution < -0.4 is 24.8 Å². The van der Waals surface area contributed by atoms with E-state index in [9.17, 15) is 4.79 Å². The Kier molecular flexibility index (Phi) is 5.23. The van der Waals surface area contributed by atoms with Crippen LogP contribution in [0, 0.1) is 6.92 Å². The molecule has 7 heteroatoms. The summed E-state index contributed by atoms with van der Waals surface area (Å²) >= 11 is 0. The molecule has 1 aromatic carbocycles. The van der Waals surface area contributed by atoms with Crippen LogP contribution in [0.5, 0.6) is 17.2 Å². The predicted molar refractivity (Wildman–Crippen MR) is 93.5 cm³/mol. The van der Waals surface area contributed by atoms with Crippen LogP contribution in [0.1, 0.15) is 12.5 Å². The Bertz CT molecular complexity index is 737. The maximum Gasteiger partial charge on any atom is 0.319 e. The van der Waals surface area contributed by atoms with Crippen molar-refractivity contribution in [2.45, 2.75) is 20.0 Å². The van der Waals surface area contributed by atoms with Gasteiger partial charge in [0.15, 0.2) is 11.5 Å². The van der Waals surface area contributed by atoms with Gasteiger partial charge in [-0.15, -0.1) is 0 Å². The second-order valence-corrected chi connectivity index (χ2v) is 5.76. The number of carbonyl (C=O) groups excluding carboxylic acids is 1. The van der Waals surface area contributed by atoms with Gasteiger partial charge in [0.1, 0.15) is 25.1 Å². The molecule has 0 radical (unpaired) electrons. The average molecular weight is 343 g/mol. The molecule has 0 spiro atoms. The van der Waals surface area contributed by atoms with Crippen LogP contribution in [0.4, 0.5) is 10.5 Å². The minimum atomic E-state index is -0.304. The lowest BCUT2D eigenvalue weighted by molar-refractivity contribution is 0.171.